The van der Waals surface area contributed by atoms with Crippen LogP contribution >= 0.6 is 15.9 Å². The first-order valence-corrected chi connectivity index (χ1v) is 7.26. The largest absolute Gasteiger partial charge is 0.456 e. The van der Waals surface area contributed by atoms with Crippen molar-refractivity contribution >= 4 is 32.6 Å². The van der Waals surface area contributed by atoms with Gasteiger partial charge in [0, 0.05) is 16.1 Å². The SMILES string of the molecule is CC(=O)c1ccc(Br)cc1Oc1cccc2ncccc12. The normalized spacial score (nSPS) is 10.6. The Bertz CT molecular complexity index is 825. The van der Waals surface area contributed by atoms with Crippen molar-refractivity contribution in [3.8, 4) is 11.5 Å². The molecule has 3 rings (SSSR count). The Hall–Kier alpha value is -2.20. The van der Waals surface area contributed by atoms with Crippen molar-refractivity contribution in [1.82, 2.24) is 4.98 Å². The van der Waals surface area contributed by atoms with E-state index in [0.29, 0.717) is 17.1 Å². The highest BCUT2D eigenvalue weighted by Gasteiger charge is 2.11. The van der Waals surface area contributed by atoms with Crippen LogP contribution < -0.4 is 4.74 Å². The van der Waals surface area contributed by atoms with Gasteiger partial charge >= 0.3 is 0 Å². The summed E-state index contributed by atoms with van der Waals surface area (Å²) in [5, 5.41) is 0.912. The molecular weight excluding hydrogens is 330 g/mol. The zero-order chi connectivity index (χ0) is 14.8. The van der Waals surface area contributed by atoms with Crippen molar-refractivity contribution in [2.75, 3.05) is 0 Å². The van der Waals surface area contributed by atoms with E-state index in [4.69, 9.17) is 4.74 Å². The van der Waals surface area contributed by atoms with E-state index in [-0.39, 0.29) is 5.78 Å². The smallest absolute Gasteiger partial charge is 0.163 e. The lowest BCUT2D eigenvalue weighted by Crippen LogP contribution is -1.97. The molecule has 0 spiro atoms. The number of hydrogen-bond acceptors (Lipinski definition) is 3. The topological polar surface area (TPSA) is 39.2 Å². The van der Waals surface area contributed by atoms with Crippen molar-refractivity contribution in [3.05, 3.63) is 64.8 Å². The molecule has 0 radical (unpaired) electrons. The second-order valence-corrected chi connectivity index (χ2v) is 5.54. The standard InChI is InChI=1S/C17H12BrNO2/c1-11(20)13-8-7-12(18)10-17(13)21-16-6-2-5-15-14(16)4-3-9-19-15/h2-10H,1H3. The summed E-state index contributed by atoms with van der Waals surface area (Å²) in [6.07, 6.45) is 1.74. The molecule has 0 N–H and O–H groups in total. The number of benzene rings is 2. The summed E-state index contributed by atoms with van der Waals surface area (Å²) in [7, 11) is 0. The predicted molar refractivity (Wildman–Crippen MR) is 86.0 cm³/mol. The fourth-order valence-corrected chi connectivity index (χ4v) is 2.49. The number of fused-ring (bicyclic) bond motifs is 1. The molecule has 0 saturated carbocycles. The summed E-state index contributed by atoms with van der Waals surface area (Å²) in [5.74, 6) is 1.19. The van der Waals surface area contributed by atoms with Crippen LogP contribution in [0.4, 0.5) is 0 Å². The summed E-state index contributed by atoms with van der Waals surface area (Å²) in [5.41, 5.74) is 1.41. The molecule has 104 valence electrons. The van der Waals surface area contributed by atoms with Crippen LogP contribution in [0.25, 0.3) is 10.9 Å². The van der Waals surface area contributed by atoms with Gasteiger partial charge in [0.25, 0.3) is 0 Å². The average molecular weight is 342 g/mol. The highest BCUT2D eigenvalue weighted by molar-refractivity contribution is 9.10. The number of rotatable bonds is 3. The number of halogens is 1. The van der Waals surface area contributed by atoms with Crippen LogP contribution in [-0.4, -0.2) is 10.8 Å². The van der Waals surface area contributed by atoms with Crippen LogP contribution in [-0.2, 0) is 0 Å². The Morgan fingerprint density at radius 1 is 1.10 bits per heavy atom. The van der Waals surface area contributed by atoms with E-state index in [2.05, 4.69) is 20.9 Å². The first-order valence-electron chi connectivity index (χ1n) is 6.47. The molecular formula is C17H12BrNO2. The molecule has 0 amide bonds. The van der Waals surface area contributed by atoms with Gasteiger partial charge in [0.1, 0.15) is 11.5 Å². The minimum absolute atomic E-state index is 0.0316. The van der Waals surface area contributed by atoms with E-state index < -0.39 is 0 Å². The molecule has 21 heavy (non-hydrogen) atoms. The van der Waals surface area contributed by atoms with Crippen LogP contribution in [0.15, 0.2) is 59.2 Å². The predicted octanol–water partition coefficient (Wildman–Crippen LogP) is 4.99. The number of aromatic nitrogens is 1. The Morgan fingerprint density at radius 3 is 2.76 bits per heavy atom. The number of ketones is 1. The highest BCUT2D eigenvalue weighted by Crippen LogP contribution is 2.32. The first-order chi connectivity index (χ1) is 10.1. The Kier molecular flexibility index (Phi) is 3.71. The molecule has 1 aromatic heterocycles. The second kappa shape index (κ2) is 5.66. The molecule has 2 aromatic carbocycles. The monoisotopic (exact) mass is 341 g/mol. The minimum atomic E-state index is -0.0316. The van der Waals surface area contributed by atoms with Crippen molar-refractivity contribution in [2.24, 2.45) is 0 Å². The van der Waals surface area contributed by atoms with Crippen molar-refractivity contribution in [2.45, 2.75) is 6.92 Å². The maximum absolute atomic E-state index is 11.7. The van der Waals surface area contributed by atoms with Crippen molar-refractivity contribution in [1.29, 1.82) is 0 Å². The third-order valence-corrected chi connectivity index (χ3v) is 3.64. The molecule has 0 fully saturated rings. The average Bonchev–Trinajstić information content (AvgIpc) is 2.47. The summed E-state index contributed by atoms with van der Waals surface area (Å²) >= 11 is 3.40. The fraction of sp³-hybridized carbons (Fsp3) is 0.0588. The van der Waals surface area contributed by atoms with Gasteiger partial charge in [0.05, 0.1) is 11.1 Å². The fourth-order valence-electron chi connectivity index (χ4n) is 2.15. The van der Waals surface area contributed by atoms with Gasteiger partial charge in [0.15, 0.2) is 5.78 Å². The van der Waals surface area contributed by atoms with Crippen LogP contribution in [0.1, 0.15) is 17.3 Å². The highest BCUT2D eigenvalue weighted by atomic mass is 79.9. The number of carbonyl (C=O) groups excluding carboxylic acids is 1. The summed E-state index contributed by atoms with van der Waals surface area (Å²) in [6.45, 7) is 1.53. The molecule has 3 nitrogen and oxygen atoms in total. The summed E-state index contributed by atoms with van der Waals surface area (Å²) < 4.78 is 6.84. The number of nitrogens with zero attached hydrogens (tertiary/aromatic N) is 1. The van der Waals surface area contributed by atoms with E-state index in [0.717, 1.165) is 15.4 Å². The number of hydrogen-bond donors (Lipinski definition) is 0. The zero-order valence-corrected chi connectivity index (χ0v) is 12.9. The lowest BCUT2D eigenvalue weighted by atomic mass is 10.1. The Balaban J connectivity index is 2.11. The van der Waals surface area contributed by atoms with Crippen LogP contribution in [0.2, 0.25) is 0 Å². The van der Waals surface area contributed by atoms with Gasteiger partial charge in [-0.2, -0.15) is 0 Å². The molecule has 0 saturated heterocycles. The second-order valence-electron chi connectivity index (χ2n) is 4.62. The third-order valence-electron chi connectivity index (χ3n) is 3.15. The molecule has 0 atom stereocenters. The van der Waals surface area contributed by atoms with E-state index in [1.807, 2.05) is 36.4 Å². The van der Waals surface area contributed by atoms with Gasteiger partial charge < -0.3 is 4.74 Å². The molecule has 1 heterocycles. The maximum atomic E-state index is 11.7. The van der Waals surface area contributed by atoms with Crippen LogP contribution in [0.3, 0.4) is 0 Å². The van der Waals surface area contributed by atoms with Gasteiger partial charge in [-0.15, -0.1) is 0 Å². The summed E-state index contributed by atoms with van der Waals surface area (Å²) in [4.78, 5) is 16.0. The number of carbonyl (C=O) groups is 1. The first kappa shape index (κ1) is 13.8. The third kappa shape index (κ3) is 2.81. The minimum Gasteiger partial charge on any atom is -0.456 e. The number of pyridine rings is 1. The van der Waals surface area contributed by atoms with Crippen LogP contribution in [0.5, 0.6) is 11.5 Å². The van der Waals surface area contributed by atoms with Gasteiger partial charge in [-0.1, -0.05) is 22.0 Å². The van der Waals surface area contributed by atoms with Gasteiger partial charge in [-0.3, -0.25) is 9.78 Å². The van der Waals surface area contributed by atoms with E-state index >= 15 is 0 Å². The van der Waals surface area contributed by atoms with Gasteiger partial charge in [-0.25, -0.2) is 0 Å². The van der Waals surface area contributed by atoms with Gasteiger partial charge in [0.2, 0.25) is 0 Å². The quantitative estimate of drug-likeness (QED) is 0.630. The maximum Gasteiger partial charge on any atom is 0.163 e. The summed E-state index contributed by atoms with van der Waals surface area (Å²) in [6, 6.07) is 14.9. The van der Waals surface area contributed by atoms with Crippen LogP contribution in [0, 0.1) is 0 Å². The molecule has 4 heteroatoms. The van der Waals surface area contributed by atoms with E-state index in [1.165, 1.54) is 6.92 Å². The molecule has 0 aliphatic heterocycles. The molecule has 0 bridgehead atoms. The molecule has 0 unspecified atom stereocenters. The Labute approximate surface area is 130 Å². The van der Waals surface area contributed by atoms with E-state index in [1.54, 1.807) is 18.3 Å². The van der Waals surface area contributed by atoms with Gasteiger partial charge in [-0.05, 0) is 49.4 Å². The lowest BCUT2D eigenvalue weighted by Gasteiger charge is -2.11. The molecule has 3 aromatic rings. The van der Waals surface area contributed by atoms with Crippen molar-refractivity contribution < 1.29 is 9.53 Å². The van der Waals surface area contributed by atoms with Crippen molar-refractivity contribution in [3.63, 3.8) is 0 Å². The zero-order valence-electron chi connectivity index (χ0n) is 11.3. The molecule has 0 aliphatic carbocycles. The van der Waals surface area contributed by atoms with E-state index in [9.17, 15) is 4.79 Å². The molecule has 0 aliphatic rings. The number of ether oxygens (including phenoxy) is 1. The lowest BCUT2D eigenvalue weighted by molar-refractivity contribution is 0.101. The number of Topliss-reactive ketones (excluding diaryl/α,β-unsaturated/α-hetero) is 1. The Morgan fingerprint density at radius 2 is 1.95 bits per heavy atom.